The summed E-state index contributed by atoms with van der Waals surface area (Å²) in [6, 6.07) is 6.24. The molecule has 0 atom stereocenters. The Balaban J connectivity index is 1.54. The van der Waals surface area contributed by atoms with Crippen molar-refractivity contribution in [3.8, 4) is 0 Å². The van der Waals surface area contributed by atoms with E-state index in [2.05, 4.69) is 16.8 Å². The van der Waals surface area contributed by atoms with Crippen LogP contribution in [0.4, 0.5) is 0 Å². The third-order valence-electron chi connectivity index (χ3n) is 6.52. The molecule has 0 saturated carbocycles. The predicted molar refractivity (Wildman–Crippen MR) is 119 cm³/mol. The maximum absolute atomic E-state index is 12.9. The van der Waals surface area contributed by atoms with E-state index >= 15 is 0 Å². The summed E-state index contributed by atoms with van der Waals surface area (Å²) in [6.07, 6.45) is 2.06. The minimum Gasteiger partial charge on any atom is -0.339 e. The Bertz CT molecular complexity index is 809. The van der Waals surface area contributed by atoms with E-state index in [1.165, 1.54) is 4.31 Å². The maximum atomic E-state index is 12.9. The number of sulfonamides is 1. The molecule has 2 saturated heterocycles. The average Bonchev–Trinajstić information content (AvgIpc) is 2.75. The second-order valence-electron chi connectivity index (χ2n) is 8.98. The minimum absolute atomic E-state index is 0.00536. The second-order valence-corrected chi connectivity index (χ2v) is 11.0. The Morgan fingerprint density at radius 2 is 1.60 bits per heavy atom. The number of likely N-dealkylation sites (tertiary alicyclic amines) is 1. The summed E-state index contributed by atoms with van der Waals surface area (Å²) in [4.78, 5) is 19.9. The molecule has 7 nitrogen and oxygen atoms in total. The Morgan fingerprint density at radius 3 is 2.13 bits per heavy atom. The summed E-state index contributed by atoms with van der Waals surface area (Å²) in [5.41, 5.74) is 0.554. The first-order valence-electron chi connectivity index (χ1n) is 11.0. The van der Waals surface area contributed by atoms with Crippen molar-refractivity contribution in [2.24, 2.45) is 5.92 Å². The first kappa shape index (κ1) is 23.2. The van der Waals surface area contributed by atoms with Gasteiger partial charge in [-0.3, -0.25) is 4.79 Å². The van der Waals surface area contributed by atoms with Crippen LogP contribution in [-0.4, -0.2) is 99.3 Å². The summed E-state index contributed by atoms with van der Waals surface area (Å²) in [6.45, 7) is 10.9. The highest BCUT2D eigenvalue weighted by molar-refractivity contribution is 7.89. The third kappa shape index (κ3) is 5.41. The van der Waals surface area contributed by atoms with Crippen LogP contribution in [0.3, 0.4) is 0 Å². The molecule has 30 heavy (non-hydrogen) atoms. The molecule has 168 valence electrons. The van der Waals surface area contributed by atoms with Crippen molar-refractivity contribution in [3.05, 3.63) is 29.8 Å². The predicted octanol–water partition coefficient (Wildman–Crippen LogP) is 1.82. The summed E-state index contributed by atoms with van der Waals surface area (Å²) in [5.74, 6) is 0.644. The van der Waals surface area contributed by atoms with Gasteiger partial charge in [0, 0.05) is 64.5 Å². The van der Waals surface area contributed by atoms with E-state index in [-0.39, 0.29) is 16.8 Å². The number of carbonyl (C=O) groups is 1. The monoisotopic (exact) mass is 436 g/mol. The van der Waals surface area contributed by atoms with Gasteiger partial charge in [0.05, 0.1) is 4.90 Å². The molecule has 0 aromatic heterocycles. The van der Waals surface area contributed by atoms with Gasteiger partial charge in [-0.25, -0.2) is 8.42 Å². The Kier molecular flexibility index (Phi) is 7.55. The van der Waals surface area contributed by atoms with Gasteiger partial charge < -0.3 is 14.7 Å². The third-order valence-corrected chi connectivity index (χ3v) is 8.57. The number of likely N-dealkylation sites (N-methyl/N-ethyl adjacent to an activating group) is 1. The van der Waals surface area contributed by atoms with Gasteiger partial charge in [-0.15, -0.1) is 0 Å². The highest BCUT2D eigenvalue weighted by atomic mass is 32.2. The number of piperazine rings is 1. The zero-order valence-electron chi connectivity index (χ0n) is 18.7. The van der Waals surface area contributed by atoms with Crippen LogP contribution in [-0.2, 0) is 10.0 Å². The van der Waals surface area contributed by atoms with Crippen LogP contribution in [0.15, 0.2) is 29.2 Å². The Labute approximate surface area is 181 Å². The van der Waals surface area contributed by atoms with E-state index in [0.717, 1.165) is 58.7 Å². The van der Waals surface area contributed by atoms with Gasteiger partial charge in [0.25, 0.3) is 5.91 Å². The number of hydrogen-bond acceptors (Lipinski definition) is 5. The van der Waals surface area contributed by atoms with Crippen LogP contribution in [0.2, 0.25) is 0 Å². The number of rotatable bonds is 6. The number of hydrogen-bond donors (Lipinski definition) is 0. The normalized spacial score (nSPS) is 20.3. The van der Waals surface area contributed by atoms with Crippen molar-refractivity contribution in [3.63, 3.8) is 0 Å². The Hall–Kier alpha value is -1.48. The van der Waals surface area contributed by atoms with Crippen LogP contribution in [0.5, 0.6) is 0 Å². The minimum atomic E-state index is -3.53. The zero-order chi connectivity index (χ0) is 21.9. The van der Waals surface area contributed by atoms with Gasteiger partial charge in [-0.05, 0) is 63.9 Å². The molecule has 0 spiro atoms. The topological polar surface area (TPSA) is 64.2 Å². The van der Waals surface area contributed by atoms with Gasteiger partial charge in [-0.1, -0.05) is 0 Å². The van der Waals surface area contributed by atoms with E-state index in [1.807, 2.05) is 18.7 Å². The molecular weight excluding hydrogens is 400 g/mol. The molecule has 2 heterocycles. The average molecular weight is 437 g/mol. The van der Waals surface area contributed by atoms with Crippen LogP contribution in [0.1, 0.15) is 37.0 Å². The standard InChI is InChI=1S/C22H36N4O3S/c1-18(2)24(4)30(28,29)21-7-5-20(6-8-21)22(27)26-11-9-19(10-12-26)17-25-15-13-23(3)14-16-25/h5-8,18-19H,9-17H2,1-4H3. The highest BCUT2D eigenvalue weighted by Gasteiger charge is 2.27. The number of nitrogens with zero attached hydrogens (tertiary/aromatic N) is 4. The van der Waals surface area contributed by atoms with Crippen molar-refractivity contribution in [1.82, 2.24) is 19.0 Å². The summed E-state index contributed by atoms with van der Waals surface area (Å²) in [5, 5.41) is 0. The molecule has 1 aromatic rings. The maximum Gasteiger partial charge on any atom is 0.253 e. The number of benzene rings is 1. The van der Waals surface area contributed by atoms with E-state index in [0.29, 0.717) is 11.5 Å². The van der Waals surface area contributed by atoms with Crippen LogP contribution in [0.25, 0.3) is 0 Å². The quantitative estimate of drug-likeness (QED) is 0.681. The fraction of sp³-hybridized carbons (Fsp3) is 0.682. The van der Waals surface area contributed by atoms with E-state index in [9.17, 15) is 13.2 Å². The molecule has 2 fully saturated rings. The zero-order valence-corrected chi connectivity index (χ0v) is 19.6. The Morgan fingerprint density at radius 1 is 1.03 bits per heavy atom. The van der Waals surface area contributed by atoms with E-state index < -0.39 is 10.0 Å². The summed E-state index contributed by atoms with van der Waals surface area (Å²) < 4.78 is 26.5. The lowest BCUT2D eigenvalue weighted by molar-refractivity contribution is 0.0643. The van der Waals surface area contributed by atoms with Crippen LogP contribution in [0, 0.1) is 5.92 Å². The van der Waals surface area contributed by atoms with E-state index in [4.69, 9.17) is 0 Å². The molecule has 8 heteroatoms. The lowest BCUT2D eigenvalue weighted by atomic mass is 9.95. The number of carbonyl (C=O) groups excluding carboxylic acids is 1. The molecule has 0 unspecified atom stereocenters. The SMILES string of the molecule is CC(C)N(C)S(=O)(=O)c1ccc(C(=O)N2CCC(CN3CCN(C)CC3)CC2)cc1. The molecule has 1 aromatic carbocycles. The molecule has 2 aliphatic heterocycles. The van der Waals surface area contributed by atoms with Crippen LogP contribution < -0.4 is 0 Å². The molecule has 2 aliphatic rings. The molecular formula is C22H36N4O3S. The molecule has 0 bridgehead atoms. The lowest BCUT2D eigenvalue weighted by Gasteiger charge is -2.38. The largest absolute Gasteiger partial charge is 0.339 e. The van der Waals surface area contributed by atoms with Gasteiger partial charge >= 0.3 is 0 Å². The highest BCUT2D eigenvalue weighted by Crippen LogP contribution is 2.22. The number of amides is 1. The fourth-order valence-corrected chi connectivity index (χ4v) is 5.48. The van der Waals surface area contributed by atoms with Crippen molar-refractivity contribution >= 4 is 15.9 Å². The molecule has 0 aliphatic carbocycles. The van der Waals surface area contributed by atoms with E-state index in [1.54, 1.807) is 31.3 Å². The van der Waals surface area contributed by atoms with Gasteiger partial charge in [0.1, 0.15) is 0 Å². The molecule has 0 radical (unpaired) electrons. The fourth-order valence-electron chi connectivity index (χ4n) is 4.11. The first-order chi connectivity index (χ1) is 14.2. The second kappa shape index (κ2) is 9.77. The lowest BCUT2D eigenvalue weighted by Crippen LogP contribution is -2.48. The van der Waals surface area contributed by atoms with Crippen molar-refractivity contribution in [2.75, 3.05) is 59.9 Å². The molecule has 0 N–H and O–H groups in total. The first-order valence-corrected chi connectivity index (χ1v) is 12.4. The smallest absolute Gasteiger partial charge is 0.253 e. The van der Waals surface area contributed by atoms with Gasteiger partial charge in [-0.2, -0.15) is 4.31 Å². The molecule has 1 amide bonds. The van der Waals surface area contributed by atoms with Crippen LogP contribution >= 0.6 is 0 Å². The summed E-state index contributed by atoms with van der Waals surface area (Å²) >= 11 is 0. The number of piperidine rings is 1. The summed E-state index contributed by atoms with van der Waals surface area (Å²) in [7, 11) is 0.218. The van der Waals surface area contributed by atoms with Crippen molar-refractivity contribution in [2.45, 2.75) is 37.6 Å². The van der Waals surface area contributed by atoms with Gasteiger partial charge in [0.15, 0.2) is 0 Å². The van der Waals surface area contributed by atoms with Crippen molar-refractivity contribution in [1.29, 1.82) is 0 Å². The van der Waals surface area contributed by atoms with Crippen molar-refractivity contribution < 1.29 is 13.2 Å². The van der Waals surface area contributed by atoms with Gasteiger partial charge in [0.2, 0.25) is 10.0 Å². The molecule has 3 rings (SSSR count).